The number of rotatable bonds is 1. The Morgan fingerprint density at radius 3 is 3.00 bits per heavy atom. The quantitative estimate of drug-likeness (QED) is 0.733. The van der Waals surface area contributed by atoms with Crippen molar-refractivity contribution in [3.05, 3.63) is 17.7 Å². The number of phenols is 1. The normalized spacial score (nSPS) is 14.5. The molecular formula is C10H10O4. The summed E-state index contributed by atoms with van der Waals surface area (Å²) in [5, 5.41) is 9.56. The summed E-state index contributed by atoms with van der Waals surface area (Å²) in [4.78, 5) is 11.4. The Hall–Kier alpha value is -1.71. The van der Waals surface area contributed by atoms with E-state index >= 15 is 0 Å². The standard InChI is InChI=1S/C10H10O4/c1-13-6-4-8(12)10-7(11)2-3-14-9(10)5-6/h4-5,12H,2-3H2,1H3. The number of ether oxygens (including phenoxy) is 2. The summed E-state index contributed by atoms with van der Waals surface area (Å²) < 4.78 is 10.2. The monoisotopic (exact) mass is 194 g/mol. The number of carbonyl (C=O) groups excluding carboxylic acids is 1. The van der Waals surface area contributed by atoms with Gasteiger partial charge in [-0.15, -0.1) is 0 Å². The van der Waals surface area contributed by atoms with Crippen molar-refractivity contribution in [2.45, 2.75) is 6.42 Å². The summed E-state index contributed by atoms with van der Waals surface area (Å²) >= 11 is 0. The van der Waals surface area contributed by atoms with E-state index in [-0.39, 0.29) is 17.1 Å². The number of phenolic OH excluding ortho intramolecular Hbond substituents is 1. The Balaban J connectivity index is 2.56. The van der Waals surface area contributed by atoms with Gasteiger partial charge in [0.25, 0.3) is 0 Å². The average Bonchev–Trinajstić information content (AvgIpc) is 2.17. The molecule has 0 saturated carbocycles. The lowest BCUT2D eigenvalue weighted by Gasteiger charge is -2.17. The molecule has 0 spiro atoms. The number of fused-ring (bicyclic) bond motifs is 1. The summed E-state index contributed by atoms with van der Waals surface area (Å²) in [7, 11) is 1.49. The van der Waals surface area contributed by atoms with Crippen molar-refractivity contribution in [1.82, 2.24) is 0 Å². The minimum atomic E-state index is -0.0913. The van der Waals surface area contributed by atoms with E-state index in [1.807, 2.05) is 0 Å². The van der Waals surface area contributed by atoms with Crippen molar-refractivity contribution in [3.8, 4) is 17.2 Å². The van der Waals surface area contributed by atoms with E-state index < -0.39 is 0 Å². The first kappa shape index (κ1) is 8.87. The van der Waals surface area contributed by atoms with E-state index in [0.29, 0.717) is 24.5 Å². The van der Waals surface area contributed by atoms with Crippen LogP contribution in [0.1, 0.15) is 16.8 Å². The molecule has 14 heavy (non-hydrogen) atoms. The van der Waals surface area contributed by atoms with Gasteiger partial charge < -0.3 is 14.6 Å². The van der Waals surface area contributed by atoms with Crippen LogP contribution in [0.4, 0.5) is 0 Å². The third-order valence-corrected chi connectivity index (χ3v) is 2.16. The predicted octanol–water partition coefficient (Wildman–Crippen LogP) is 1.37. The number of ketones is 1. The summed E-state index contributed by atoms with van der Waals surface area (Å²) in [6.07, 6.45) is 0.312. The van der Waals surface area contributed by atoms with E-state index in [1.54, 1.807) is 6.07 Å². The second-order valence-electron chi connectivity index (χ2n) is 3.04. The Kier molecular flexibility index (Phi) is 2.04. The van der Waals surface area contributed by atoms with Gasteiger partial charge in [-0.05, 0) is 0 Å². The molecule has 0 aliphatic carbocycles. The van der Waals surface area contributed by atoms with Crippen molar-refractivity contribution >= 4 is 5.78 Å². The Labute approximate surface area is 81.1 Å². The molecule has 0 bridgehead atoms. The molecule has 0 radical (unpaired) electrons. The molecule has 4 heteroatoms. The predicted molar refractivity (Wildman–Crippen MR) is 49.1 cm³/mol. The second-order valence-corrected chi connectivity index (χ2v) is 3.04. The maximum absolute atomic E-state index is 11.4. The van der Waals surface area contributed by atoms with Crippen molar-refractivity contribution < 1.29 is 19.4 Å². The van der Waals surface area contributed by atoms with Gasteiger partial charge in [-0.3, -0.25) is 4.79 Å². The molecular weight excluding hydrogens is 184 g/mol. The summed E-state index contributed by atoms with van der Waals surface area (Å²) in [5.41, 5.74) is 0.261. The van der Waals surface area contributed by atoms with E-state index in [9.17, 15) is 9.90 Å². The molecule has 4 nitrogen and oxygen atoms in total. The average molecular weight is 194 g/mol. The van der Waals surface area contributed by atoms with E-state index in [0.717, 1.165) is 0 Å². The number of benzene rings is 1. The maximum atomic E-state index is 11.4. The van der Waals surface area contributed by atoms with Gasteiger partial charge in [0.15, 0.2) is 5.78 Å². The molecule has 0 saturated heterocycles. The fourth-order valence-electron chi connectivity index (χ4n) is 1.47. The van der Waals surface area contributed by atoms with Crippen LogP contribution >= 0.6 is 0 Å². The number of aromatic hydroxyl groups is 1. The van der Waals surface area contributed by atoms with Crippen molar-refractivity contribution in [3.63, 3.8) is 0 Å². The number of carbonyl (C=O) groups is 1. The molecule has 0 unspecified atom stereocenters. The first-order valence-electron chi connectivity index (χ1n) is 4.29. The molecule has 1 aromatic carbocycles. The highest BCUT2D eigenvalue weighted by atomic mass is 16.5. The number of hydrogen-bond donors (Lipinski definition) is 1. The minimum Gasteiger partial charge on any atom is -0.507 e. The molecule has 0 atom stereocenters. The van der Waals surface area contributed by atoms with Crippen LogP contribution in [0.5, 0.6) is 17.2 Å². The van der Waals surface area contributed by atoms with Crippen LogP contribution in [-0.4, -0.2) is 24.6 Å². The van der Waals surface area contributed by atoms with Gasteiger partial charge in [-0.25, -0.2) is 0 Å². The van der Waals surface area contributed by atoms with Gasteiger partial charge in [0, 0.05) is 18.6 Å². The fourth-order valence-corrected chi connectivity index (χ4v) is 1.47. The third-order valence-electron chi connectivity index (χ3n) is 2.16. The molecule has 1 N–H and O–H groups in total. The minimum absolute atomic E-state index is 0.0796. The summed E-state index contributed by atoms with van der Waals surface area (Å²) in [6.45, 7) is 0.360. The van der Waals surface area contributed by atoms with Crippen LogP contribution < -0.4 is 9.47 Å². The highest BCUT2D eigenvalue weighted by molar-refractivity contribution is 6.02. The lowest BCUT2D eigenvalue weighted by atomic mass is 10.0. The third kappa shape index (κ3) is 1.28. The van der Waals surface area contributed by atoms with Crippen LogP contribution in [0.3, 0.4) is 0 Å². The molecule has 1 heterocycles. The highest BCUT2D eigenvalue weighted by Gasteiger charge is 2.23. The van der Waals surface area contributed by atoms with Crippen molar-refractivity contribution in [2.24, 2.45) is 0 Å². The van der Waals surface area contributed by atoms with Gasteiger partial charge in [-0.2, -0.15) is 0 Å². The first-order valence-corrected chi connectivity index (χ1v) is 4.29. The molecule has 1 aromatic rings. The van der Waals surface area contributed by atoms with Crippen LogP contribution in [0.15, 0.2) is 12.1 Å². The van der Waals surface area contributed by atoms with Gasteiger partial charge in [0.05, 0.1) is 13.7 Å². The number of methoxy groups -OCH3 is 1. The van der Waals surface area contributed by atoms with E-state index in [1.165, 1.54) is 13.2 Å². The van der Waals surface area contributed by atoms with E-state index in [2.05, 4.69) is 0 Å². The van der Waals surface area contributed by atoms with Crippen molar-refractivity contribution in [2.75, 3.05) is 13.7 Å². The zero-order chi connectivity index (χ0) is 10.1. The Bertz CT molecular complexity index is 384. The molecule has 74 valence electrons. The number of Topliss-reactive ketones (excluding diaryl/α,β-unsaturated/α-hetero) is 1. The van der Waals surface area contributed by atoms with Gasteiger partial charge >= 0.3 is 0 Å². The Morgan fingerprint density at radius 2 is 2.29 bits per heavy atom. The largest absolute Gasteiger partial charge is 0.507 e. The zero-order valence-corrected chi connectivity index (χ0v) is 7.74. The fraction of sp³-hybridized carbons (Fsp3) is 0.300. The maximum Gasteiger partial charge on any atom is 0.173 e. The molecule has 0 amide bonds. The molecule has 0 fully saturated rings. The van der Waals surface area contributed by atoms with E-state index in [4.69, 9.17) is 9.47 Å². The lowest BCUT2D eigenvalue weighted by Crippen LogP contribution is -2.15. The van der Waals surface area contributed by atoms with Gasteiger partial charge in [-0.1, -0.05) is 0 Å². The molecule has 1 aliphatic heterocycles. The smallest absolute Gasteiger partial charge is 0.173 e. The number of hydrogen-bond acceptors (Lipinski definition) is 4. The molecule has 1 aliphatic rings. The van der Waals surface area contributed by atoms with Crippen LogP contribution in [-0.2, 0) is 0 Å². The lowest BCUT2D eigenvalue weighted by molar-refractivity contribution is 0.0929. The van der Waals surface area contributed by atoms with Crippen LogP contribution in [0.25, 0.3) is 0 Å². The van der Waals surface area contributed by atoms with Crippen LogP contribution in [0, 0.1) is 0 Å². The van der Waals surface area contributed by atoms with Crippen molar-refractivity contribution in [1.29, 1.82) is 0 Å². The Morgan fingerprint density at radius 1 is 1.50 bits per heavy atom. The topological polar surface area (TPSA) is 55.8 Å². The second kappa shape index (κ2) is 3.21. The SMILES string of the molecule is COc1cc(O)c2c(c1)OCCC2=O. The van der Waals surface area contributed by atoms with Gasteiger partial charge in [0.1, 0.15) is 22.8 Å². The van der Waals surface area contributed by atoms with Gasteiger partial charge in [0.2, 0.25) is 0 Å². The summed E-state index contributed by atoms with van der Waals surface area (Å²) in [6, 6.07) is 3.01. The highest BCUT2D eigenvalue weighted by Crippen LogP contribution is 2.36. The zero-order valence-electron chi connectivity index (χ0n) is 7.74. The molecule has 2 rings (SSSR count). The first-order chi connectivity index (χ1) is 6.72. The molecule has 0 aromatic heterocycles. The summed E-state index contributed by atoms with van der Waals surface area (Å²) in [5.74, 6) is 0.713. The van der Waals surface area contributed by atoms with Crippen LogP contribution in [0.2, 0.25) is 0 Å².